The molecule has 0 spiro atoms. The van der Waals surface area contributed by atoms with Crippen LogP contribution in [-0.2, 0) is 0 Å². The Hall–Kier alpha value is -1.97. The predicted molar refractivity (Wildman–Crippen MR) is 88.5 cm³/mol. The van der Waals surface area contributed by atoms with Crippen molar-refractivity contribution >= 4 is 0 Å². The topological polar surface area (TPSA) is 29.3 Å². The van der Waals surface area contributed by atoms with Gasteiger partial charge in [-0.1, -0.05) is 13.3 Å². The van der Waals surface area contributed by atoms with Crippen molar-refractivity contribution in [1.29, 1.82) is 0 Å². The average Bonchev–Trinajstić information content (AvgIpc) is 2.76. The molecule has 2 N–H and O–H groups in total. The summed E-state index contributed by atoms with van der Waals surface area (Å²) in [5, 5.41) is 0. The van der Waals surface area contributed by atoms with Crippen molar-refractivity contribution in [3.05, 3.63) is 0 Å². The fourth-order valence-electron chi connectivity index (χ4n) is 2.26. The number of nitrogens with two attached hydrogens (primary N) is 1. The van der Waals surface area contributed by atoms with Crippen LogP contribution in [-0.4, -0.2) is 83.6 Å². The largest absolute Gasteiger partial charge is 0.460 e. The van der Waals surface area contributed by atoms with Crippen molar-refractivity contribution in [3.63, 3.8) is 0 Å². The zero-order chi connectivity index (χ0) is 37.7. The van der Waals surface area contributed by atoms with Gasteiger partial charge in [-0.2, -0.15) is 119 Å². The van der Waals surface area contributed by atoms with Crippen molar-refractivity contribution in [2.24, 2.45) is 5.73 Å². The van der Waals surface area contributed by atoms with Gasteiger partial charge in [-0.05, 0) is 13.0 Å². The first-order valence-electron chi connectivity index (χ1n) is 10.1. The molecule has 0 aromatic heterocycles. The molecule has 274 valence electrons. The van der Waals surface area contributed by atoms with Gasteiger partial charge in [-0.15, -0.1) is 4.90 Å². The molecule has 0 radical (unpaired) electrons. The Labute approximate surface area is 229 Å². The Kier molecular flexibility index (Phi) is 12.3. The van der Waals surface area contributed by atoms with E-state index in [0.29, 0.717) is 0 Å². The van der Waals surface area contributed by atoms with Gasteiger partial charge in [0.1, 0.15) is 0 Å². The molecule has 0 aromatic carbocycles. The van der Waals surface area contributed by atoms with Crippen LogP contribution >= 0.6 is 0 Å². The highest BCUT2D eigenvalue weighted by Gasteiger charge is 2.96. The Morgan fingerprint density at radius 3 is 0.622 bits per heavy atom. The molecule has 0 bridgehead atoms. The van der Waals surface area contributed by atoms with Crippen LogP contribution in [0.1, 0.15) is 19.8 Å². The van der Waals surface area contributed by atoms with E-state index in [0.717, 1.165) is 6.54 Å². The molecule has 0 aliphatic heterocycles. The Morgan fingerprint density at radius 2 is 0.533 bits per heavy atom. The second-order valence-corrected chi connectivity index (χ2v) is 8.04. The molecule has 0 saturated carbocycles. The summed E-state index contributed by atoms with van der Waals surface area (Å²) in [6.07, 6.45) is -22.9. The maximum atomic E-state index is 13.8. The SMILES string of the molecule is CCCCN.FC(F)(F)C(F)(F)C(F)(F)C(F)(F)N(C(F)(F)C(F)(F)C(F)(F)C(F)(F)F)C(F)(F)C(F)(F)C(F)(F)C(F)(F)F. The van der Waals surface area contributed by atoms with Gasteiger partial charge in [0.05, 0.1) is 0 Å². The quantitative estimate of drug-likeness (QED) is 0.169. The number of hydrogen-bond donors (Lipinski definition) is 1. The lowest BCUT2D eigenvalue weighted by molar-refractivity contribution is -0.528. The maximum absolute atomic E-state index is 13.8. The molecule has 0 heterocycles. The van der Waals surface area contributed by atoms with Gasteiger partial charge >= 0.3 is 72.2 Å². The minimum Gasteiger partial charge on any atom is -0.330 e. The molecule has 0 saturated heterocycles. The molecule has 0 amide bonds. The summed E-state index contributed by atoms with van der Waals surface area (Å²) in [7, 11) is 0. The van der Waals surface area contributed by atoms with Crippen LogP contribution in [0, 0.1) is 0 Å². The van der Waals surface area contributed by atoms with Crippen LogP contribution in [0.3, 0.4) is 0 Å². The molecule has 29 heteroatoms. The fraction of sp³-hybridized carbons (Fsp3) is 1.00. The molecule has 45 heavy (non-hydrogen) atoms. The van der Waals surface area contributed by atoms with Crippen molar-refractivity contribution < 1.29 is 119 Å². The molecule has 2 nitrogen and oxygen atoms in total. The van der Waals surface area contributed by atoms with E-state index in [2.05, 4.69) is 6.92 Å². The van der Waals surface area contributed by atoms with E-state index in [9.17, 15) is 119 Å². The van der Waals surface area contributed by atoms with Crippen LogP contribution in [0.25, 0.3) is 0 Å². The first kappa shape index (κ1) is 45.2. The number of alkyl halides is 27. The summed E-state index contributed by atoms with van der Waals surface area (Å²) < 4.78 is 349. The van der Waals surface area contributed by atoms with Crippen molar-refractivity contribution in [2.45, 2.75) is 92.0 Å². The van der Waals surface area contributed by atoms with Gasteiger partial charge in [-0.3, -0.25) is 0 Å². The number of halogens is 27. The summed E-state index contributed by atoms with van der Waals surface area (Å²) in [5.74, 6) is -55.4. The van der Waals surface area contributed by atoms with Crippen molar-refractivity contribution in [3.8, 4) is 0 Å². The van der Waals surface area contributed by atoms with E-state index in [1.165, 1.54) is 12.8 Å². The van der Waals surface area contributed by atoms with Gasteiger partial charge < -0.3 is 5.73 Å². The monoisotopic (exact) mass is 744 g/mol. The lowest BCUT2D eigenvalue weighted by atomic mass is 10.00. The second kappa shape index (κ2) is 12.2. The number of nitrogens with zero attached hydrogens (tertiary/aromatic N) is 1. The van der Waals surface area contributed by atoms with E-state index < -0.39 is 77.1 Å². The zero-order valence-electron chi connectivity index (χ0n) is 20.4. The normalized spacial score (nSPS) is 16.1. The van der Waals surface area contributed by atoms with E-state index in [-0.39, 0.29) is 0 Å². The summed E-state index contributed by atoms with van der Waals surface area (Å²) in [6, 6.07) is -29.4. The fourth-order valence-corrected chi connectivity index (χ4v) is 2.26. The summed E-state index contributed by atoms with van der Waals surface area (Å²) in [4.78, 5) is -6.15. The van der Waals surface area contributed by atoms with Crippen LogP contribution in [0.5, 0.6) is 0 Å². The van der Waals surface area contributed by atoms with E-state index in [1.54, 1.807) is 0 Å². The molecular formula is C16H11F27N2. The highest BCUT2D eigenvalue weighted by Crippen LogP contribution is 2.65. The summed E-state index contributed by atoms with van der Waals surface area (Å²) >= 11 is 0. The average molecular weight is 744 g/mol. The Balaban J connectivity index is 0. The first-order valence-corrected chi connectivity index (χ1v) is 10.1. The van der Waals surface area contributed by atoms with Crippen molar-refractivity contribution in [1.82, 2.24) is 4.90 Å². The van der Waals surface area contributed by atoms with E-state index in [1.807, 2.05) is 0 Å². The van der Waals surface area contributed by atoms with Crippen molar-refractivity contribution in [2.75, 3.05) is 6.54 Å². The van der Waals surface area contributed by atoms with E-state index in [4.69, 9.17) is 5.73 Å². The smallest absolute Gasteiger partial charge is 0.330 e. The minimum atomic E-state index is -9.81. The molecular weight excluding hydrogens is 733 g/mol. The van der Waals surface area contributed by atoms with Crippen LogP contribution < -0.4 is 5.73 Å². The molecule has 0 unspecified atom stereocenters. The van der Waals surface area contributed by atoms with E-state index >= 15 is 0 Å². The second-order valence-electron chi connectivity index (χ2n) is 8.04. The lowest BCUT2D eigenvalue weighted by Crippen LogP contribution is -2.81. The third kappa shape index (κ3) is 6.87. The van der Waals surface area contributed by atoms with Gasteiger partial charge in [0.2, 0.25) is 0 Å². The molecule has 0 rings (SSSR count). The first-order chi connectivity index (χ1) is 19.0. The molecule has 0 atom stereocenters. The van der Waals surface area contributed by atoms with Gasteiger partial charge in [-0.25, -0.2) is 0 Å². The third-order valence-electron chi connectivity index (χ3n) is 4.78. The summed E-state index contributed by atoms with van der Waals surface area (Å²) in [6.45, 7) is 2.98. The number of unbranched alkanes of at least 4 members (excludes halogenated alkanes) is 1. The molecule has 0 fully saturated rings. The summed E-state index contributed by atoms with van der Waals surface area (Å²) in [5.41, 5.74) is 5.14. The third-order valence-corrected chi connectivity index (χ3v) is 4.78. The highest BCUT2D eigenvalue weighted by atomic mass is 19.5. The Bertz CT molecular complexity index is 848. The minimum absolute atomic E-state index is 0.844. The van der Waals surface area contributed by atoms with Crippen LogP contribution in [0.2, 0.25) is 0 Å². The van der Waals surface area contributed by atoms with Gasteiger partial charge in [0.25, 0.3) is 0 Å². The lowest BCUT2D eigenvalue weighted by Gasteiger charge is -2.49. The van der Waals surface area contributed by atoms with Gasteiger partial charge in [0, 0.05) is 0 Å². The molecule has 0 aliphatic rings. The molecule has 0 aromatic rings. The van der Waals surface area contributed by atoms with Crippen LogP contribution in [0.4, 0.5) is 119 Å². The van der Waals surface area contributed by atoms with Gasteiger partial charge in [0.15, 0.2) is 0 Å². The zero-order valence-corrected chi connectivity index (χ0v) is 20.4. The van der Waals surface area contributed by atoms with Crippen LogP contribution in [0.15, 0.2) is 0 Å². The predicted octanol–water partition coefficient (Wildman–Crippen LogP) is 9.31. The molecule has 0 aliphatic carbocycles. The highest BCUT2D eigenvalue weighted by molar-refractivity contribution is 5.12. The Morgan fingerprint density at radius 1 is 0.356 bits per heavy atom. The standard InChI is InChI=1S/C12F27N.C4H11N/c13-1(14,7(25,26)27)4(19,20)10(34,35)40(11(36,37)5(21,22)2(15,16)8(28,29)30)12(38,39)6(23,24)3(17,18)9(31,32)33;1-2-3-4-5/h;2-5H2,1H3. The number of rotatable bonds is 11. The maximum Gasteiger partial charge on any atom is 0.460 e. The number of hydrogen-bond acceptors (Lipinski definition) is 2.